The Morgan fingerprint density at radius 3 is 2.33 bits per heavy atom. The third-order valence-electron chi connectivity index (χ3n) is 10.5. The molecule has 3 unspecified atom stereocenters. The van der Waals surface area contributed by atoms with Crippen LogP contribution in [0.1, 0.15) is 172 Å². The van der Waals surface area contributed by atoms with Crippen molar-refractivity contribution in [3.63, 3.8) is 0 Å². The van der Waals surface area contributed by atoms with Gasteiger partial charge in [-0.05, 0) is 134 Å². The van der Waals surface area contributed by atoms with Crippen molar-refractivity contribution in [1.29, 1.82) is 0 Å². The molecule has 0 bridgehead atoms. The van der Waals surface area contributed by atoms with E-state index in [0.29, 0.717) is 43.6 Å². The molecule has 1 saturated carbocycles. The molecule has 2 fully saturated rings. The van der Waals surface area contributed by atoms with Crippen LogP contribution in [0.25, 0.3) is 0 Å². The second kappa shape index (κ2) is 20.0. The van der Waals surface area contributed by atoms with Crippen LogP contribution in [-0.2, 0) is 19.1 Å². The van der Waals surface area contributed by atoms with Crippen molar-refractivity contribution >= 4 is 33.9 Å². The summed E-state index contributed by atoms with van der Waals surface area (Å²) in [5.41, 5.74) is 3.56. The fourth-order valence-corrected chi connectivity index (χ4v) is 9.51. The Morgan fingerprint density at radius 1 is 1.00 bits per heavy atom. The predicted octanol–water partition coefficient (Wildman–Crippen LogP) is 11.1. The van der Waals surface area contributed by atoms with Crippen LogP contribution in [0.15, 0.2) is 23.3 Å². The number of hydrogen-bond acceptors (Lipinski definition) is 7. The Bertz CT molecular complexity index is 1290. The van der Waals surface area contributed by atoms with E-state index in [1.807, 2.05) is 58.1 Å². The molecule has 1 saturated heterocycles. The molecule has 1 aromatic heterocycles. The van der Waals surface area contributed by atoms with Gasteiger partial charge in [-0.3, -0.25) is 14.4 Å². The maximum Gasteiger partial charge on any atom is 0.306 e. The number of thiophene rings is 1. The van der Waals surface area contributed by atoms with Crippen molar-refractivity contribution in [2.24, 2.45) is 11.8 Å². The van der Waals surface area contributed by atoms with E-state index >= 15 is 0 Å². The summed E-state index contributed by atoms with van der Waals surface area (Å²) in [5.74, 6) is 1.31. The van der Waals surface area contributed by atoms with Gasteiger partial charge in [0.1, 0.15) is 5.60 Å². The number of rotatable bonds is 17. The second-order valence-corrected chi connectivity index (χ2v) is 16.6. The van der Waals surface area contributed by atoms with Gasteiger partial charge < -0.3 is 14.4 Å². The Kier molecular flexibility index (Phi) is 16.8. The topological polar surface area (TPSA) is 72.9 Å². The summed E-state index contributed by atoms with van der Waals surface area (Å²) in [6, 6.07) is 0.425. The van der Waals surface area contributed by atoms with E-state index in [4.69, 9.17) is 9.47 Å². The van der Waals surface area contributed by atoms with E-state index in [2.05, 4.69) is 32.6 Å². The van der Waals surface area contributed by atoms with Gasteiger partial charge in [0.25, 0.3) is 0 Å². The zero-order chi connectivity index (χ0) is 36.1. The quantitative estimate of drug-likeness (QED) is 0.0530. The number of ether oxygens (including phenoxy) is 2. The van der Waals surface area contributed by atoms with E-state index in [9.17, 15) is 14.4 Å². The summed E-state index contributed by atoms with van der Waals surface area (Å²) in [6.45, 7) is 20.9. The molecule has 1 aromatic rings. The van der Waals surface area contributed by atoms with Crippen LogP contribution in [0.3, 0.4) is 0 Å². The molecule has 3 atom stereocenters. The fraction of sp³-hybridized carbons (Fsp3) is 0.738. The molecule has 1 aliphatic carbocycles. The van der Waals surface area contributed by atoms with Gasteiger partial charge in [0.15, 0.2) is 11.6 Å². The SMILES string of the molecule is CC=CC(C)=C(CC(CC)CC(=O)c1c(C2CCCC(CCC(=O)OC(C)(C)C)CC2)sc(N(CC)C2CCOCC2)c1C)C(=O)CCC. The molecule has 49 heavy (non-hydrogen) atoms. The molecule has 2 heterocycles. The van der Waals surface area contributed by atoms with Gasteiger partial charge in [0.05, 0.1) is 5.00 Å². The minimum Gasteiger partial charge on any atom is -0.460 e. The molecule has 0 N–H and O–H groups in total. The average molecular weight is 698 g/mol. The van der Waals surface area contributed by atoms with Crippen molar-refractivity contribution in [1.82, 2.24) is 0 Å². The molecule has 6 nitrogen and oxygen atoms in total. The molecule has 2 aliphatic rings. The third-order valence-corrected chi connectivity index (χ3v) is 12.0. The average Bonchev–Trinajstić information content (AvgIpc) is 3.22. The van der Waals surface area contributed by atoms with Crippen molar-refractivity contribution in [3.05, 3.63) is 39.3 Å². The van der Waals surface area contributed by atoms with E-state index in [0.717, 1.165) is 106 Å². The van der Waals surface area contributed by atoms with Crippen LogP contribution in [0.4, 0.5) is 5.00 Å². The van der Waals surface area contributed by atoms with E-state index in [-0.39, 0.29) is 23.5 Å². The lowest BCUT2D eigenvalue weighted by Crippen LogP contribution is -2.39. The van der Waals surface area contributed by atoms with Gasteiger partial charge in [-0.2, -0.15) is 0 Å². The lowest BCUT2D eigenvalue weighted by molar-refractivity contribution is -0.155. The van der Waals surface area contributed by atoms with Crippen molar-refractivity contribution < 1.29 is 23.9 Å². The number of ketones is 2. The van der Waals surface area contributed by atoms with Crippen molar-refractivity contribution in [3.8, 4) is 0 Å². The maximum absolute atomic E-state index is 14.6. The summed E-state index contributed by atoms with van der Waals surface area (Å²) >= 11 is 1.87. The molecular formula is C42H67NO5S. The van der Waals surface area contributed by atoms with Gasteiger partial charge in [-0.15, -0.1) is 11.3 Å². The molecule has 0 amide bonds. The van der Waals surface area contributed by atoms with Crippen LogP contribution in [0.2, 0.25) is 0 Å². The first kappa shape index (κ1) is 41.2. The Hall–Kier alpha value is -2.25. The number of esters is 1. The van der Waals surface area contributed by atoms with Crippen LogP contribution >= 0.6 is 11.3 Å². The van der Waals surface area contributed by atoms with Gasteiger partial charge in [-0.1, -0.05) is 45.3 Å². The van der Waals surface area contributed by atoms with Gasteiger partial charge >= 0.3 is 5.97 Å². The Balaban J connectivity index is 1.92. The summed E-state index contributed by atoms with van der Waals surface area (Å²) in [7, 11) is 0. The van der Waals surface area contributed by atoms with Crippen LogP contribution in [-0.4, -0.2) is 48.9 Å². The predicted molar refractivity (Wildman–Crippen MR) is 205 cm³/mol. The van der Waals surface area contributed by atoms with Crippen LogP contribution in [0.5, 0.6) is 0 Å². The van der Waals surface area contributed by atoms with Crippen molar-refractivity contribution in [2.75, 3.05) is 24.7 Å². The summed E-state index contributed by atoms with van der Waals surface area (Å²) in [5, 5.41) is 1.26. The molecule has 3 rings (SSSR count). The highest BCUT2D eigenvalue weighted by molar-refractivity contribution is 7.16. The number of hydrogen-bond donors (Lipinski definition) is 0. The highest BCUT2D eigenvalue weighted by Crippen LogP contribution is 2.47. The Morgan fingerprint density at radius 2 is 1.71 bits per heavy atom. The molecule has 276 valence electrons. The maximum atomic E-state index is 14.6. The number of nitrogens with zero attached hydrogens (tertiary/aromatic N) is 1. The molecule has 1 aliphatic heterocycles. The smallest absolute Gasteiger partial charge is 0.306 e. The summed E-state index contributed by atoms with van der Waals surface area (Å²) < 4.78 is 11.3. The minimum absolute atomic E-state index is 0.103. The van der Waals surface area contributed by atoms with Gasteiger partial charge in [0, 0.05) is 55.5 Å². The van der Waals surface area contributed by atoms with Gasteiger partial charge in [0.2, 0.25) is 0 Å². The number of Topliss-reactive ketones (excluding diaryl/α,β-unsaturated/α-hetero) is 2. The zero-order valence-electron chi connectivity index (χ0n) is 32.4. The highest BCUT2D eigenvalue weighted by Gasteiger charge is 2.33. The third kappa shape index (κ3) is 12.2. The first-order valence-electron chi connectivity index (χ1n) is 19.4. The first-order valence-corrected chi connectivity index (χ1v) is 20.2. The second-order valence-electron chi connectivity index (χ2n) is 15.5. The standard InChI is InChI=1S/C42H67NO5S/c1-10-15-29(5)35(36(44)16-11-2)27-31(12-3)28-37(45)39-30(6)41(43(13-4)34-23-25-47-26-24-34)49-40(39)33-18-14-17-32(19-21-33)20-22-38(46)48-42(7,8)9/h10,15,31-34H,11-14,16-28H2,1-9H3. The van der Waals surface area contributed by atoms with Gasteiger partial charge in [-0.25, -0.2) is 0 Å². The molecule has 0 aromatic carbocycles. The van der Waals surface area contributed by atoms with Crippen molar-refractivity contribution in [2.45, 2.75) is 170 Å². The number of carbonyl (C=O) groups excluding carboxylic acids is 3. The first-order chi connectivity index (χ1) is 23.3. The lowest BCUT2D eigenvalue weighted by atomic mass is 9.84. The molecule has 0 spiro atoms. The van der Waals surface area contributed by atoms with Crippen LogP contribution < -0.4 is 4.90 Å². The minimum atomic E-state index is -0.453. The monoisotopic (exact) mass is 697 g/mol. The summed E-state index contributed by atoms with van der Waals surface area (Å²) in [6.07, 6.45) is 16.1. The highest BCUT2D eigenvalue weighted by atomic mass is 32.1. The molecular weight excluding hydrogens is 631 g/mol. The molecule has 7 heteroatoms. The largest absolute Gasteiger partial charge is 0.460 e. The molecule has 0 radical (unpaired) electrons. The fourth-order valence-electron chi connectivity index (χ4n) is 7.88. The van der Waals surface area contributed by atoms with Crippen LogP contribution in [0, 0.1) is 18.8 Å². The Labute approximate surface area is 302 Å². The lowest BCUT2D eigenvalue weighted by Gasteiger charge is -2.35. The van der Waals surface area contributed by atoms with E-state index in [1.165, 1.54) is 9.88 Å². The number of carbonyl (C=O) groups is 3. The number of anilines is 1. The summed E-state index contributed by atoms with van der Waals surface area (Å²) in [4.78, 5) is 44.1. The number of allylic oxidation sites excluding steroid dienone is 4. The zero-order valence-corrected chi connectivity index (χ0v) is 33.2. The van der Waals surface area contributed by atoms with E-state index < -0.39 is 5.60 Å². The van der Waals surface area contributed by atoms with E-state index in [1.54, 1.807) is 0 Å². The normalized spacial score (nSPS) is 20.5.